The third kappa shape index (κ3) is 13.7. The van der Waals surface area contributed by atoms with E-state index in [1.165, 1.54) is 70.6 Å². The van der Waals surface area contributed by atoms with E-state index in [-0.39, 0.29) is 12.1 Å². The summed E-state index contributed by atoms with van der Waals surface area (Å²) in [5, 5.41) is 0. The third-order valence-corrected chi connectivity index (χ3v) is 5.99. The number of hydrogen-bond acceptors (Lipinski definition) is 6. The molecule has 1 aromatic heterocycles. The summed E-state index contributed by atoms with van der Waals surface area (Å²) in [6.07, 6.45) is 19.5. The molecule has 0 bridgehead atoms. The van der Waals surface area contributed by atoms with Crippen molar-refractivity contribution in [1.82, 2.24) is 0 Å². The molecule has 0 aromatic carbocycles. The van der Waals surface area contributed by atoms with Gasteiger partial charge in [0.05, 0.1) is 19.8 Å². The quantitative estimate of drug-likeness (QED) is 0.147. The summed E-state index contributed by atoms with van der Waals surface area (Å²) in [6, 6.07) is 3.28. The van der Waals surface area contributed by atoms with E-state index in [0.717, 1.165) is 32.3 Å². The van der Waals surface area contributed by atoms with Crippen LogP contribution < -0.4 is 4.74 Å². The molecule has 1 atom stereocenters. The first-order valence-electron chi connectivity index (χ1n) is 13.4. The number of ether oxygens (including phenoxy) is 4. The van der Waals surface area contributed by atoms with Crippen LogP contribution >= 0.6 is 0 Å². The standard InChI is InChI=1S/C27H46O6/c1-2-3-4-5-6-7-8-9-10-11-12-14-20-31-26-19-18-24(33-26)27(28)32-23-16-22-30-25-17-13-15-21-29-25/h18-19,25H,2-17,20-23H2,1H3. The van der Waals surface area contributed by atoms with Gasteiger partial charge in [0, 0.05) is 19.1 Å². The van der Waals surface area contributed by atoms with Crippen molar-refractivity contribution in [1.29, 1.82) is 0 Å². The molecule has 1 unspecified atom stereocenters. The molecule has 1 saturated heterocycles. The lowest BCUT2D eigenvalue weighted by atomic mass is 10.1. The second-order valence-electron chi connectivity index (χ2n) is 9.01. The monoisotopic (exact) mass is 466 g/mol. The van der Waals surface area contributed by atoms with Crippen molar-refractivity contribution in [3.8, 4) is 5.95 Å². The second kappa shape index (κ2) is 18.8. The van der Waals surface area contributed by atoms with Gasteiger partial charge in [0.15, 0.2) is 6.29 Å². The highest BCUT2D eigenvalue weighted by molar-refractivity contribution is 5.86. The molecule has 6 heteroatoms. The minimum atomic E-state index is -0.468. The van der Waals surface area contributed by atoms with Gasteiger partial charge < -0.3 is 23.4 Å². The first-order valence-corrected chi connectivity index (χ1v) is 13.4. The van der Waals surface area contributed by atoms with Gasteiger partial charge in [0.25, 0.3) is 5.95 Å². The number of carbonyl (C=O) groups excluding carboxylic acids is 1. The van der Waals surface area contributed by atoms with Gasteiger partial charge in [-0.05, 0) is 31.7 Å². The van der Waals surface area contributed by atoms with Crippen LogP contribution in [0.15, 0.2) is 16.5 Å². The van der Waals surface area contributed by atoms with Crippen LogP contribution in [0.1, 0.15) is 120 Å². The van der Waals surface area contributed by atoms with Crippen LogP contribution in [0.4, 0.5) is 0 Å². The predicted octanol–water partition coefficient (Wildman–Crippen LogP) is 7.45. The Labute approximate surface area is 200 Å². The Bertz CT molecular complexity index is 593. The number of furan rings is 1. The molecule has 0 aliphatic carbocycles. The number of carbonyl (C=O) groups is 1. The van der Waals surface area contributed by atoms with Crippen LogP contribution in [0, 0.1) is 0 Å². The molecule has 6 nitrogen and oxygen atoms in total. The van der Waals surface area contributed by atoms with Crippen LogP contribution in [0.25, 0.3) is 0 Å². The number of unbranched alkanes of at least 4 members (excludes halogenated alkanes) is 11. The third-order valence-electron chi connectivity index (χ3n) is 5.99. The first kappa shape index (κ1) is 27.7. The topological polar surface area (TPSA) is 67.1 Å². The Morgan fingerprint density at radius 3 is 2.21 bits per heavy atom. The maximum absolute atomic E-state index is 12.1. The average molecular weight is 467 g/mol. The van der Waals surface area contributed by atoms with E-state index in [4.69, 9.17) is 23.4 Å². The zero-order chi connectivity index (χ0) is 23.4. The van der Waals surface area contributed by atoms with Crippen molar-refractivity contribution >= 4 is 5.97 Å². The SMILES string of the molecule is CCCCCCCCCCCCCCOc1ccc(C(=O)OCCCOC2CCCCO2)o1. The van der Waals surface area contributed by atoms with E-state index in [1.54, 1.807) is 12.1 Å². The molecule has 33 heavy (non-hydrogen) atoms. The fourth-order valence-corrected chi connectivity index (χ4v) is 3.98. The summed E-state index contributed by atoms with van der Waals surface area (Å²) < 4.78 is 27.5. The largest absolute Gasteiger partial charge is 0.465 e. The van der Waals surface area contributed by atoms with Crippen molar-refractivity contribution in [2.45, 2.75) is 116 Å². The lowest BCUT2D eigenvalue weighted by Crippen LogP contribution is -2.23. The summed E-state index contributed by atoms with van der Waals surface area (Å²) in [4.78, 5) is 12.1. The van der Waals surface area contributed by atoms with Crippen molar-refractivity contribution in [2.24, 2.45) is 0 Å². The minimum absolute atomic E-state index is 0.107. The molecule has 1 aliphatic heterocycles. The van der Waals surface area contributed by atoms with Crippen molar-refractivity contribution in [2.75, 3.05) is 26.4 Å². The van der Waals surface area contributed by atoms with Gasteiger partial charge in [-0.15, -0.1) is 0 Å². The van der Waals surface area contributed by atoms with E-state index in [9.17, 15) is 4.79 Å². The summed E-state index contributed by atoms with van der Waals surface area (Å²) in [6.45, 7) is 4.45. The number of hydrogen-bond donors (Lipinski definition) is 0. The van der Waals surface area contributed by atoms with Crippen LogP contribution in [-0.2, 0) is 14.2 Å². The highest BCUT2D eigenvalue weighted by atomic mass is 16.7. The maximum Gasteiger partial charge on any atom is 0.374 e. The van der Waals surface area contributed by atoms with Gasteiger partial charge in [0.1, 0.15) is 0 Å². The van der Waals surface area contributed by atoms with E-state index < -0.39 is 5.97 Å². The molecule has 0 amide bonds. The fraction of sp³-hybridized carbons (Fsp3) is 0.815. The van der Waals surface area contributed by atoms with Crippen LogP contribution in [-0.4, -0.2) is 38.7 Å². The summed E-state index contributed by atoms with van der Waals surface area (Å²) in [7, 11) is 0. The van der Waals surface area contributed by atoms with Crippen molar-refractivity contribution < 1.29 is 28.2 Å². The summed E-state index contributed by atoms with van der Waals surface area (Å²) in [5.41, 5.74) is 0. The van der Waals surface area contributed by atoms with Gasteiger partial charge in [-0.2, -0.15) is 0 Å². The van der Waals surface area contributed by atoms with Gasteiger partial charge in [-0.25, -0.2) is 4.79 Å². The molecule has 1 aliphatic rings. The molecule has 2 heterocycles. The number of rotatable bonds is 20. The van der Waals surface area contributed by atoms with E-state index >= 15 is 0 Å². The zero-order valence-electron chi connectivity index (χ0n) is 20.8. The molecule has 190 valence electrons. The molecular weight excluding hydrogens is 420 g/mol. The fourth-order valence-electron chi connectivity index (χ4n) is 3.98. The van der Waals surface area contributed by atoms with Gasteiger partial charge in [-0.3, -0.25) is 0 Å². The maximum atomic E-state index is 12.1. The Morgan fingerprint density at radius 1 is 0.848 bits per heavy atom. The Hall–Kier alpha value is -1.53. The van der Waals surface area contributed by atoms with Gasteiger partial charge in [0.2, 0.25) is 5.76 Å². The second-order valence-corrected chi connectivity index (χ2v) is 9.01. The lowest BCUT2D eigenvalue weighted by Gasteiger charge is -2.22. The molecule has 2 rings (SSSR count). The van der Waals surface area contributed by atoms with Crippen molar-refractivity contribution in [3.05, 3.63) is 17.9 Å². The Morgan fingerprint density at radius 2 is 1.55 bits per heavy atom. The van der Waals surface area contributed by atoms with Crippen LogP contribution in [0.5, 0.6) is 5.95 Å². The van der Waals surface area contributed by atoms with Gasteiger partial charge in [-0.1, -0.05) is 77.6 Å². The molecule has 0 N–H and O–H groups in total. The highest BCUT2D eigenvalue weighted by Crippen LogP contribution is 2.18. The van der Waals surface area contributed by atoms with Crippen LogP contribution in [0.3, 0.4) is 0 Å². The average Bonchev–Trinajstić information content (AvgIpc) is 3.31. The molecule has 0 spiro atoms. The smallest absolute Gasteiger partial charge is 0.374 e. The molecule has 1 fully saturated rings. The molecule has 1 aromatic rings. The molecular formula is C27H46O6. The first-order chi connectivity index (χ1) is 16.3. The predicted molar refractivity (Wildman–Crippen MR) is 130 cm³/mol. The molecule has 0 radical (unpaired) electrons. The minimum Gasteiger partial charge on any atom is -0.465 e. The van der Waals surface area contributed by atoms with Gasteiger partial charge >= 0.3 is 5.97 Å². The highest BCUT2D eigenvalue weighted by Gasteiger charge is 2.15. The Kier molecular flexibility index (Phi) is 15.8. The van der Waals surface area contributed by atoms with E-state index in [2.05, 4.69) is 6.92 Å². The summed E-state index contributed by atoms with van der Waals surface area (Å²) in [5.74, 6) is 0.0863. The summed E-state index contributed by atoms with van der Waals surface area (Å²) >= 11 is 0. The van der Waals surface area contributed by atoms with Crippen molar-refractivity contribution in [3.63, 3.8) is 0 Å². The van der Waals surface area contributed by atoms with E-state index in [1.807, 2.05) is 0 Å². The zero-order valence-corrected chi connectivity index (χ0v) is 20.8. The number of esters is 1. The lowest BCUT2D eigenvalue weighted by molar-refractivity contribution is -0.163. The Balaban J connectivity index is 1.40. The van der Waals surface area contributed by atoms with E-state index in [0.29, 0.717) is 32.2 Å². The molecule has 0 saturated carbocycles. The normalized spacial score (nSPS) is 16.1. The van der Waals surface area contributed by atoms with Crippen LogP contribution in [0.2, 0.25) is 0 Å².